The highest BCUT2D eigenvalue weighted by Gasteiger charge is 2.50. The second-order valence-electron chi connectivity index (χ2n) is 13.6. The van der Waals surface area contributed by atoms with Gasteiger partial charge in [0.15, 0.2) is 17.7 Å². The van der Waals surface area contributed by atoms with Crippen molar-refractivity contribution in [3.05, 3.63) is 34.3 Å². The number of nitrogen functional groups attached to an aromatic ring is 1. The van der Waals surface area contributed by atoms with Crippen LogP contribution in [0.4, 0.5) is 5.82 Å². The number of imidazole rings is 1. The number of phosphoric acid groups is 3. The maximum atomic E-state index is 12.7. The van der Waals surface area contributed by atoms with Gasteiger partial charge < -0.3 is 61.1 Å². The van der Waals surface area contributed by atoms with Gasteiger partial charge in [0.1, 0.15) is 42.0 Å². The summed E-state index contributed by atoms with van der Waals surface area (Å²) < 4.78 is 67.0. The number of aromatic amines is 1. The molecule has 3 aromatic heterocycles. The van der Waals surface area contributed by atoms with Gasteiger partial charge in [0.2, 0.25) is 16.9 Å². The van der Waals surface area contributed by atoms with Gasteiger partial charge in [0.05, 0.1) is 31.1 Å². The fourth-order valence-corrected chi connectivity index (χ4v) is 8.87. The van der Waals surface area contributed by atoms with E-state index in [1.165, 1.54) is 13.8 Å². The van der Waals surface area contributed by atoms with Crippen LogP contribution in [-0.4, -0.2) is 134 Å². The van der Waals surface area contributed by atoms with Crippen LogP contribution in [0.15, 0.2) is 22.0 Å². The number of nitrogens with zero attached hydrogens (tertiary/aromatic N) is 4. The third kappa shape index (κ3) is 13.5. The van der Waals surface area contributed by atoms with Crippen LogP contribution >= 0.6 is 35.2 Å². The van der Waals surface area contributed by atoms with Crippen molar-refractivity contribution in [2.45, 2.75) is 70.3 Å². The molecule has 4 heterocycles. The van der Waals surface area contributed by atoms with Crippen molar-refractivity contribution in [2.24, 2.45) is 11.1 Å². The van der Waals surface area contributed by atoms with Crippen molar-refractivity contribution in [3.8, 4) is 0 Å². The number of aliphatic hydroxyl groups is 2. The van der Waals surface area contributed by atoms with Gasteiger partial charge in [0, 0.05) is 37.1 Å². The Morgan fingerprint density at radius 3 is 2.42 bits per heavy atom. The molecule has 0 spiro atoms. The van der Waals surface area contributed by atoms with Gasteiger partial charge in [-0.15, -0.1) is 0 Å². The number of fused-ring (bicyclic) bond motifs is 1. The smallest absolute Gasteiger partial charge is 0.386 e. The predicted octanol–water partition coefficient (Wildman–Crippen LogP) is -2.18. The van der Waals surface area contributed by atoms with Gasteiger partial charge in [0.25, 0.3) is 5.56 Å². The number of amides is 2. The molecule has 0 saturated carbocycles. The van der Waals surface area contributed by atoms with E-state index in [9.17, 15) is 62.7 Å². The summed E-state index contributed by atoms with van der Waals surface area (Å²) in [6.45, 7) is 1.73. The molecule has 32 heteroatoms. The summed E-state index contributed by atoms with van der Waals surface area (Å²) in [5.74, 6) is -1.13. The molecule has 0 aliphatic carbocycles. The summed E-state index contributed by atoms with van der Waals surface area (Å²) in [6, 6.07) is -0.986. The van der Waals surface area contributed by atoms with Gasteiger partial charge in [-0.3, -0.25) is 37.3 Å². The predicted molar refractivity (Wildman–Crippen MR) is 203 cm³/mol. The number of nitrogens with two attached hydrogens (primary N) is 2. The quantitative estimate of drug-likeness (QED) is 0.0377. The molecule has 1 saturated heterocycles. The number of anilines is 1. The van der Waals surface area contributed by atoms with Gasteiger partial charge in [-0.1, -0.05) is 25.6 Å². The van der Waals surface area contributed by atoms with Crippen LogP contribution in [0.5, 0.6) is 0 Å². The number of nitrogens with one attached hydrogen (secondary N) is 3. The summed E-state index contributed by atoms with van der Waals surface area (Å²) in [5, 5.41) is 28.0. The molecule has 3 aromatic rings. The number of aliphatic hydroxyl groups excluding tert-OH is 2. The lowest BCUT2D eigenvalue weighted by molar-refractivity contribution is -0.137. The van der Waals surface area contributed by atoms with Crippen molar-refractivity contribution in [1.29, 1.82) is 0 Å². The molecule has 0 bridgehead atoms. The second kappa shape index (κ2) is 20.1. The summed E-state index contributed by atoms with van der Waals surface area (Å²) >= 11 is 0.844. The van der Waals surface area contributed by atoms with Crippen molar-refractivity contribution in [3.63, 3.8) is 0 Å². The highest BCUT2D eigenvalue weighted by Crippen LogP contribution is 2.61. The maximum Gasteiger partial charge on any atom is 0.481 e. The molecule has 2 amide bonds. The van der Waals surface area contributed by atoms with E-state index in [-0.39, 0.29) is 54.2 Å². The number of ether oxygens (including phenoxy) is 1. The fourth-order valence-electron chi connectivity index (χ4n) is 5.33. The Labute approximate surface area is 342 Å². The van der Waals surface area contributed by atoms with E-state index < -0.39 is 101 Å². The standard InChI is InChI=1S/C28H44N9O19P3S/c1-13-14(24(41)36-54-13)8-15(29)27(43)60-7-6-31-17(38)4-5-32-25(42)21(40)28(2,3)10-52-59(49,50)56-58(47,48)51-9-16-20(55-57(44,45)46)19(39)26(53-16)37-12-35-18-22(30)33-11-34-23(18)37/h11-12,15-16,19-21,26,39-40H,4-10,29H2,1-3H3,(H,31,38)(H,32,42)(H,36,41)(H,47,48)(H,49,50)(H2,30,33,34)(H2,44,45,46). The normalized spacial score (nSPS) is 21.6. The van der Waals surface area contributed by atoms with Crippen LogP contribution < -0.4 is 27.7 Å². The van der Waals surface area contributed by atoms with Crippen LogP contribution in [-0.2, 0) is 57.1 Å². The average molecular weight is 936 g/mol. The first-order valence-corrected chi connectivity index (χ1v) is 22.8. The number of hydrogen-bond donors (Lipinski definition) is 11. The number of hydrogen-bond acceptors (Lipinski definition) is 21. The highest BCUT2D eigenvalue weighted by molar-refractivity contribution is 8.13. The van der Waals surface area contributed by atoms with E-state index >= 15 is 0 Å². The van der Waals surface area contributed by atoms with E-state index in [0.717, 1.165) is 29.0 Å². The number of phosphoric ester groups is 3. The topological polar surface area (TPSA) is 436 Å². The first-order chi connectivity index (χ1) is 27.8. The first-order valence-electron chi connectivity index (χ1n) is 17.3. The number of carbonyl (C=O) groups is 3. The molecule has 8 unspecified atom stereocenters. The number of thioether (sulfide) groups is 1. The Morgan fingerprint density at radius 2 is 1.77 bits per heavy atom. The molecule has 336 valence electrons. The molecule has 13 N–H and O–H groups in total. The Hall–Kier alpha value is -3.47. The molecular formula is C28H44N9O19P3S. The summed E-state index contributed by atoms with van der Waals surface area (Å²) in [5.41, 5.74) is 9.83. The molecule has 28 nitrogen and oxygen atoms in total. The van der Waals surface area contributed by atoms with Gasteiger partial charge in [-0.25, -0.2) is 28.6 Å². The van der Waals surface area contributed by atoms with E-state index in [1.807, 2.05) is 0 Å². The van der Waals surface area contributed by atoms with Crippen molar-refractivity contribution < 1.29 is 85.0 Å². The van der Waals surface area contributed by atoms with Gasteiger partial charge in [-0.2, -0.15) is 9.47 Å². The zero-order valence-electron chi connectivity index (χ0n) is 31.8. The van der Waals surface area contributed by atoms with Gasteiger partial charge in [-0.05, 0) is 6.92 Å². The minimum Gasteiger partial charge on any atom is -0.386 e. The number of aromatic nitrogens is 5. The van der Waals surface area contributed by atoms with Crippen molar-refractivity contribution in [1.82, 2.24) is 35.3 Å². The molecule has 0 radical (unpaired) electrons. The fraction of sp³-hybridized carbons (Fsp3) is 0.607. The van der Waals surface area contributed by atoms with E-state index in [0.29, 0.717) is 5.76 Å². The summed E-state index contributed by atoms with van der Waals surface area (Å²) in [4.78, 5) is 99.8. The molecule has 8 atom stereocenters. The van der Waals surface area contributed by atoms with Crippen LogP contribution in [0, 0.1) is 12.3 Å². The van der Waals surface area contributed by atoms with Crippen molar-refractivity contribution in [2.75, 3.05) is 37.8 Å². The Kier molecular flexibility index (Phi) is 16.5. The Morgan fingerprint density at radius 1 is 1.08 bits per heavy atom. The van der Waals surface area contributed by atoms with E-state index in [4.69, 9.17) is 29.8 Å². The average Bonchev–Trinajstić information content (AvgIpc) is 3.81. The van der Waals surface area contributed by atoms with Crippen molar-refractivity contribution >= 4 is 69.1 Å². The molecule has 1 aliphatic rings. The first kappa shape index (κ1) is 49.2. The molecule has 0 aromatic carbocycles. The Balaban J connectivity index is 1.20. The largest absolute Gasteiger partial charge is 0.481 e. The van der Waals surface area contributed by atoms with Crippen LogP contribution in [0.3, 0.4) is 0 Å². The molecule has 1 aliphatic heterocycles. The highest BCUT2D eigenvalue weighted by atomic mass is 32.2. The minimum atomic E-state index is -5.60. The third-order valence-electron chi connectivity index (χ3n) is 8.47. The monoisotopic (exact) mass is 935 g/mol. The molecule has 60 heavy (non-hydrogen) atoms. The molecule has 4 rings (SSSR count). The van der Waals surface area contributed by atoms with Crippen LogP contribution in [0.2, 0.25) is 0 Å². The lowest BCUT2D eigenvalue weighted by Crippen LogP contribution is -2.46. The minimum absolute atomic E-state index is 0.0189. The van der Waals surface area contributed by atoms with Crippen LogP contribution in [0.25, 0.3) is 11.2 Å². The number of carbonyl (C=O) groups excluding carboxylic acids is 3. The van der Waals surface area contributed by atoms with E-state index in [2.05, 4.69) is 39.6 Å². The number of rotatable bonds is 22. The molecular weight excluding hydrogens is 891 g/mol. The number of aryl methyl sites for hydroxylation is 1. The van der Waals surface area contributed by atoms with Gasteiger partial charge >= 0.3 is 23.5 Å². The lowest BCUT2D eigenvalue weighted by Gasteiger charge is -2.30. The zero-order chi connectivity index (χ0) is 44.8. The maximum absolute atomic E-state index is 12.7. The molecule has 1 fully saturated rings. The lowest BCUT2D eigenvalue weighted by atomic mass is 9.87. The SMILES string of the molecule is Cc1o[nH]c(=O)c1CC(N)C(=O)SCCNC(=O)CCNC(=O)C(O)C(C)(C)COP(=O)(O)OP(=O)(O)OCC1OC(n2cnc3c(N)ncnc32)C(O)C1OP(=O)(O)O. The zero-order valence-corrected chi connectivity index (χ0v) is 35.3. The summed E-state index contributed by atoms with van der Waals surface area (Å²) in [6.07, 6.45) is -7.15. The summed E-state index contributed by atoms with van der Waals surface area (Å²) in [7, 11) is -16.5. The van der Waals surface area contributed by atoms with Crippen LogP contribution in [0.1, 0.15) is 37.8 Å². The van der Waals surface area contributed by atoms with E-state index in [1.54, 1.807) is 6.92 Å². The Bertz CT molecular complexity index is 2220. The third-order valence-corrected chi connectivity index (χ3v) is 12.6. The second-order valence-corrected chi connectivity index (χ2v) is 19.0. The number of H-pyrrole nitrogens is 1.